The lowest BCUT2D eigenvalue weighted by atomic mass is 9.97. The number of aromatic carboxylic acids is 1. The molecule has 96 heavy (non-hydrogen) atoms. The van der Waals surface area contributed by atoms with Crippen LogP contribution in [0, 0.1) is 11.8 Å². The van der Waals surface area contributed by atoms with Crippen LogP contribution in [0.2, 0.25) is 0 Å². The maximum Gasteiger partial charge on any atom is 0.341 e. The second-order valence-electron chi connectivity index (χ2n) is 23.9. The van der Waals surface area contributed by atoms with E-state index >= 15 is 4.79 Å². The molecule has 1 heterocycles. The number of carboxylic acids is 3. The number of nitrogens with one attached hydrogen (secondary N) is 9. The van der Waals surface area contributed by atoms with Crippen molar-refractivity contribution < 1.29 is 77.6 Å². The first-order valence-electron chi connectivity index (χ1n) is 31.5. The van der Waals surface area contributed by atoms with E-state index in [4.69, 9.17) is 15.6 Å². The molecule has 14 N–H and O–H groups in total. The molecule has 0 radical (unpaired) electrons. The Morgan fingerprint density at radius 1 is 0.479 bits per heavy atom. The number of fused-ring (bicyclic) bond motifs is 1. The minimum absolute atomic E-state index is 0.0586. The lowest BCUT2D eigenvalue weighted by molar-refractivity contribution is -0.141. The number of aromatic nitrogens is 1. The van der Waals surface area contributed by atoms with Gasteiger partial charge in [0.1, 0.15) is 48.0 Å². The van der Waals surface area contributed by atoms with Gasteiger partial charge in [0.25, 0.3) is 0 Å². The molecule has 1 aromatic heterocycles. The van der Waals surface area contributed by atoms with Crippen LogP contribution in [0.15, 0.2) is 134 Å². The van der Waals surface area contributed by atoms with E-state index in [0.29, 0.717) is 39.6 Å². The van der Waals surface area contributed by atoms with Crippen LogP contribution < -0.4 is 53.0 Å². The number of hydrogen-bond acceptors (Lipinski definition) is 14. The number of para-hydroxylation sites is 1. The van der Waals surface area contributed by atoms with Gasteiger partial charge in [0.05, 0.1) is 18.0 Å². The van der Waals surface area contributed by atoms with Crippen molar-refractivity contribution in [3.63, 3.8) is 0 Å². The molecule has 0 bridgehead atoms. The van der Waals surface area contributed by atoms with E-state index in [1.807, 2.05) is 42.5 Å². The van der Waals surface area contributed by atoms with E-state index in [1.54, 1.807) is 77.2 Å². The standard InChI is InChI=1S/C70H84N10O16/c1-7-58(82)73-53(32-44-23-29-49(30-24-44)96-38-60(85)86)63(87)75-54(33-43-21-27-47(28-22-43)70(94)95)64(88)77-57(36-59(83)84)65(89)76-56(35-48-37-72-52-17-12-11-16-50(48)52)67(91)80-62(40(4)5)69(93)78-55(34-42-19-25-46(26-20-42)45-14-9-8-10-15-45)66(90)79-61(39(2)3)68(92)74-51(41(6)81)18-13-31-71/h8-12,14-17,19-30,37,39-40,51,53-57,61-62,72H,7,13,18,31-36,38,71H2,1-6H3,(H,73,82)(H,74,92)(H,75,87)(H,76,89)(H,77,88)(H,78,93)(H,79,90)(H,80,91)(H,83,84)(H,85,86)(H,94,95)/t51-,53-,54-,55-,56-,57-,61-,62-/m0/s1. The van der Waals surface area contributed by atoms with Crippen molar-refractivity contribution in [2.75, 3.05) is 13.2 Å². The molecular formula is C70H84N10O16. The Balaban J connectivity index is 1.30. The smallest absolute Gasteiger partial charge is 0.341 e. The number of carbonyl (C=O) groups is 12. The highest BCUT2D eigenvalue weighted by Gasteiger charge is 2.37. The van der Waals surface area contributed by atoms with Gasteiger partial charge in [-0.05, 0) is 102 Å². The number of hydrogen-bond donors (Lipinski definition) is 13. The van der Waals surface area contributed by atoms with Gasteiger partial charge in [-0.1, -0.05) is 132 Å². The summed E-state index contributed by atoms with van der Waals surface area (Å²) in [6, 6.07) is 23.5. The summed E-state index contributed by atoms with van der Waals surface area (Å²) in [7, 11) is 0. The molecule has 26 heteroatoms. The molecule has 0 saturated carbocycles. The van der Waals surface area contributed by atoms with Crippen LogP contribution in [-0.4, -0.2) is 153 Å². The number of benzene rings is 5. The normalized spacial score (nSPS) is 13.6. The Labute approximate surface area is 555 Å². The van der Waals surface area contributed by atoms with Crippen LogP contribution in [0.1, 0.15) is 99.8 Å². The zero-order valence-corrected chi connectivity index (χ0v) is 54.3. The molecule has 510 valence electrons. The lowest BCUT2D eigenvalue weighted by Crippen LogP contribution is -2.62. The zero-order valence-electron chi connectivity index (χ0n) is 54.3. The van der Waals surface area contributed by atoms with E-state index in [-0.39, 0.29) is 62.2 Å². The van der Waals surface area contributed by atoms with Gasteiger partial charge in [0.2, 0.25) is 47.3 Å². The lowest BCUT2D eigenvalue weighted by Gasteiger charge is -2.30. The fourth-order valence-electron chi connectivity index (χ4n) is 10.5. The van der Waals surface area contributed by atoms with Gasteiger partial charge in [-0.2, -0.15) is 0 Å². The van der Waals surface area contributed by atoms with Gasteiger partial charge in [0.15, 0.2) is 12.4 Å². The molecule has 0 aliphatic heterocycles. The summed E-state index contributed by atoms with van der Waals surface area (Å²) < 4.78 is 5.22. The summed E-state index contributed by atoms with van der Waals surface area (Å²) in [4.78, 5) is 166. The van der Waals surface area contributed by atoms with Gasteiger partial charge in [-0.25, -0.2) is 9.59 Å². The highest BCUT2D eigenvalue weighted by atomic mass is 16.5. The first-order valence-corrected chi connectivity index (χ1v) is 31.5. The third kappa shape index (κ3) is 22.5. The van der Waals surface area contributed by atoms with Crippen molar-refractivity contribution >= 4 is 81.9 Å². The number of rotatable bonds is 37. The molecule has 0 fully saturated rings. The topological polar surface area (TPSA) is 413 Å². The Hall–Kier alpha value is -10.8. The fourth-order valence-corrected chi connectivity index (χ4v) is 10.5. The molecule has 0 spiro atoms. The van der Waals surface area contributed by atoms with Gasteiger partial charge in [-0.15, -0.1) is 0 Å². The number of ether oxygens (including phenoxy) is 1. The predicted octanol–water partition coefficient (Wildman–Crippen LogP) is 3.67. The third-order valence-electron chi connectivity index (χ3n) is 15.8. The van der Waals surface area contributed by atoms with Gasteiger partial charge in [0, 0.05) is 49.2 Å². The van der Waals surface area contributed by atoms with Crippen LogP contribution in [0.5, 0.6) is 5.75 Å². The Kier molecular flexibility index (Phi) is 27.9. The van der Waals surface area contributed by atoms with Gasteiger partial charge < -0.3 is 73.3 Å². The highest BCUT2D eigenvalue weighted by Crippen LogP contribution is 2.23. The molecule has 8 atom stereocenters. The van der Waals surface area contributed by atoms with Crippen molar-refractivity contribution in [3.05, 3.63) is 161 Å². The molecule has 6 rings (SSSR count). The maximum atomic E-state index is 15.0. The van der Waals surface area contributed by atoms with Crippen molar-refractivity contribution in [1.29, 1.82) is 0 Å². The molecule has 0 aliphatic rings. The largest absolute Gasteiger partial charge is 0.482 e. The molecule has 0 aliphatic carbocycles. The average Bonchev–Trinajstić information content (AvgIpc) is 1.67. The Bertz CT molecular complexity index is 3710. The molecule has 5 aromatic carbocycles. The minimum atomic E-state index is -1.97. The molecule has 26 nitrogen and oxygen atoms in total. The fraction of sp³-hybridized carbons (Fsp3) is 0.371. The quantitative estimate of drug-likeness (QED) is 0.0265. The summed E-state index contributed by atoms with van der Waals surface area (Å²) in [6.45, 7) is 9.17. The summed E-state index contributed by atoms with van der Waals surface area (Å²) in [5.74, 6) is -12.4. The number of amides is 8. The first kappa shape index (κ1) is 74.3. The van der Waals surface area contributed by atoms with E-state index in [9.17, 15) is 63.0 Å². The van der Waals surface area contributed by atoms with E-state index in [2.05, 4.69) is 47.5 Å². The summed E-state index contributed by atoms with van der Waals surface area (Å²) >= 11 is 0. The minimum Gasteiger partial charge on any atom is -0.482 e. The van der Waals surface area contributed by atoms with Crippen LogP contribution in [0.25, 0.3) is 22.0 Å². The number of carbonyl (C=O) groups excluding carboxylic acids is 9. The monoisotopic (exact) mass is 1320 g/mol. The molecule has 0 saturated heterocycles. The van der Waals surface area contributed by atoms with Crippen LogP contribution in [0.4, 0.5) is 0 Å². The molecule has 8 amide bonds. The Morgan fingerprint density at radius 3 is 1.41 bits per heavy atom. The van der Waals surface area contributed by atoms with Gasteiger partial charge >= 0.3 is 17.9 Å². The average molecular weight is 1320 g/mol. The van der Waals surface area contributed by atoms with Crippen molar-refractivity contribution in [2.45, 2.75) is 141 Å². The first-order chi connectivity index (χ1) is 45.7. The predicted molar refractivity (Wildman–Crippen MR) is 355 cm³/mol. The number of aromatic amines is 1. The number of carboxylic acid groups (broad SMARTS) is 3. The maximum absolute atomic E-state index is 15.0. The summed E-state index contributed by atoms with van der Waals surface area (Å²) in [5.41, 5.74) is 9.91. The zero-order chi connectivity index (χ0) is 70.2. The van der Waals surface area contributed by atoms with Crippen LogP contribution >= 0.6 is 0 Å². The SMILES string of the molecule is CCC(=O)N[C@@H](Cc1ccc(OCC(=O)O)cc1)C(=O)N[C@@H](Cc1ccc(C(=O)O)cc1)C(=O)N[C@@H](CC(=O)O)C(=O)N[C@@H](Cc1c[nH]c2ccccc12)C(=O)N[C@H](C(=O)N[C@@H](Cc1ccc(-c2ccccc2)cc1)C(=O)N[C@H](C(=O)N[C@@H](CCCN)C(C)=O)C(C)C)C(C)C. The number of ketones is 1. The summed E-state index contributed by atoms with van der Waals surface area (Å²) in [5, 5.41) is 50.9. The van der Waals surface area contributed by atoms with Crippen LogP contribution in [0.3, 0.4) is 0 Å². The number of nitrogens with two attached hydrogens (primary N) is 1. The molecule has 6 aromatic rings. The van der Waals surface area contributed by atoms with E-state index in [1.165, 1.54) is 55.5 Å². The Morgan fingerprint density at radius 2 is 0.917 bits per heavy atom. The summed E-state index contributed by atoms with van der Waals surface area (Å²) in [6.07, 6.45) is 0.237. The van der Waals surface area contributed by atoms with Gasteiger partial charge in [-0.3, -0.25) is 47.9 Å². The molecule has 0 unspecified atom stereocenters. The second kappa shape index (κ2) is 36.1. The number of H-pyrrole nitrogens is 1. The van der Waals surface area contributed by atoms with Crippen molar-refractivity contribution in [1.82, 2.24) is 47.5 Å². The number of Topliss-reactive ketones (excluding diaryl/α,β-unsaturated/α-hetero) is 1. The highest BCUT2D eigenvalue weighted by molar-refractivity contribution is 6.00. The van der Waals surface area contributed by atoms with Crippen molar-refractivity contribution in [2.24, 2.45) is 17.6 Å². The molecular weight excluding hydrogens is 1240 g/mol. The van der Waals surface area contributed by atoms with Crippen molar-refractivity contribution in [3.8, 4) is 16.9 Å². The van der Waals surface area contributed by atoms with E-state index in [0.717, 1.165) is 11.1 Å². The second-order valence-corrected chi connectivity index (χ2v) is 23.9. The number of aliphatic carboxylic acids is 2. The van der Waals surface area contributed by atoms with Crippen LogP contribution in [-0.2, 0) is 78.4 Å². The third-order valence-corrected chi connectivity index (χ3v) is 15.8. The van der Waals surface area contributed by atoms with E-state index < -0.39 is 138 Å².